The molecule has 4 N–H and O–H groups in total. The molecule has 0 saturated heterocycles. The Morgan fingerprint density at radius 3 is 2.47 bits per heavy atom. The molecule has 0 aromatic heterocycles. The van der Waals surface area contributed by atoms with E-state index >= 15 is 0 Å². The summed E-state index contributed by atoms with van der Waals surface area (Å²) >= 11 is 0. The van der Waals surface area contributed by atoms with Gasteiger partial charge in [0.15, 0.2) is 6.23 Å². The number of rotatable bonds is 1. The first-order valence-electron chi connectivity index (χ1n) is 6.18. The number of nitrogens with zero attached hydrogens (tertiary/aromatic N) is 1. The molecule has 3 rings (SSSR count). The molecule has 2 atom stereocenters. The Hall–Kier alpha value is -2.17. The number of anilines is 1. The van der Waals surface area contributed by atoms with Crippen molar-refractivity contribution < 1.29 is 5.11 Å². The van der Waals surface area contributed by atoms with E-state index in [9.17, 15) is 5.11 Å². The third-order valence-corrected chi connectivity index (χ3v) is 3.13. The van der Waals surface area contributed by atoms with Gasteiger partial charge in [0.25, 0.3) is 0 Å². The molecule has 2 aromatic carbocycles. The molecule has 1 aliphatic heterocycles. The Bertz CT molecular complexity index is 610. The zero-order valence-corrected chi connectivity index (χ0v) is 10.3. The van der Waals surface area contributed by atoms with Crippen LogP contribution in [0.25, 0.3) is 0 Å². The summed E-state index contributed by atoms with van der Waals surface area (Å²) < 4.78 is 0. The molecule has 0 aliphatic carbocycles. The molecule has 0 bridgehead atoms. The van der Waals surface area contributed by atoms with Crippen LogP contribution in [0.2, 0.25) is 0 Å². The molecule has 0 fully saturated rings. The van der Waals surface area contributed by atoms with E-state index < -0.39 is 12.4 Å². The standard InChI is InChI=1S/C15H15N3O/c16-14-15(19)17-12-9-5-4-8-11(12)13(18-14)10-6-2-1-3-7-10/h1-9,14-15,17,19H,16H2/t14-,15?/m0/s1. The van der Waals surface area contributed by atoms with E-state index in [1.54, 1.807) is 0 Å². The van der Waals surface area contributed by atoms with Gasteiger partial charge in [-0.2, -0.15) is 0 Å². The van der Waals surface area contributed by atoms with Crippen LogP contribution in [-0.4, -0.2) is 23.2 Å². The summed E-state index contributed by atoms with van der Waals surface area (Å²) in [7, 11) is 0. The van der Waals surface area contributed by atoms with Crippen molar-refractivity contribution in [2.45, 2.75) is 12.4 Å². The van der Waals surface area contributed by atoms with Gasteiger partial charge in [-0.3, -0.25) is 4.99 Å². The number of benzodiazepines with no additional fused rings is 1. The van der Waals surface area contributed by atoms with Gasteiger partial charge in [0, 0.05) is 16.8 Å². The molecule has 4 heteroatoms. The van der Waals surface area contributed by atoms with E-state index in [4.69, 9.17) is 5.73 Å². The summed E-state index contributed by atoms with van der Waals surface area (Å²) in [6.45, 7) is 0. The van der Waals surface area contributed by atoms with Gasteiger partial charge in [0.1, 0.15) is 6.17 Å². The predicted octanol–water partition coefficient (Wildman–Crippen LogP) is 1.55. The molecule has 19 heavy (non-hydrogen) atoms. The smallest absolute Gasteiger partial charge is 0.160 e. The maximum atomic E-state index is 9.93. The van der Waals surface area contributed by atoms with Crippen LogP contribution in [0.3, 0.4) is 0 Å². The van der Waals surface area contributed by atoms with Crippen molar-refractivity contribution in [2.75, 3.05) is 5.32 Å². The van der Waals surface area contributed by atoms with E-state index in [2.05, 4.69) is 10.3 Å². The van der Waals surface area contributed by atoms with Crippen LogP contribution < -0.4 is 11.1 Å². The summed E-state index contributed by atoms with van der Waals surface area (Å²) in [6.07, 6.45) is -1.58. The Labute approximate surface area is 111 Å². The highest BCUT2D eigenvalue weighted by molar-refractivity contribution is 6.16. The first-order chi connectivity index (χ1) is 9.25. The molecular weight excluding hydrogens is 238 g/mol. The fourth-order valence-electron chi connectivity index (χ4n) is 2.18. The summed E-state index contributed by atoms with van der Waals surface area (Å²) in [5.74, 6) is 0. The number of fused-ring (bicyclic) bond motifs is 1. The fraction of sp³-hybridized carbons (Fsp3) is 0.133. The molecule has 1 unspecified atom stereocenters. The first-order valence-corrected chi connectivity index (χ1v) is 6.18. The normalized spacial score (nSPS) is 21.9. The third-order valence-electron chi connectivity index (χ3n) is 3.13. The van der Waals surface area contributed by atoms with Crippen LogP contribution in [0, 0.1) is 0 Å². The van der Waals surface area contributed by atoms with Gasteiger partial charge in [-0.1, -0.05) is 48.5 Å². The summed E-state index contributed by atoms with van der Waals surface area (Å²) in [5.41, 5.74) is 9.46. The quantitative estimate of drug-likeness (QED) is 0.722. The average Bonchev–Trinajstić information content (AvgIpc) is 2.58. The van der Waals surface area contributed by atoms with E-state index in [0.717, 1.165) is 22.5 Å². The second-order valence-electron chi connectivity index (χ2n) is 4.47. The fourth-order valence-corrected chi connectivity index (χ4v) is 2.18. The summed E-state index contributed by atoms with van der Waals surface area (Å²) in [4.78, 5) is 4.45. The highest BCUT2D eigenvalue weighted by atomic mass is 16.3. The number of nitrogens with two attached hydrogens (primary N) is 1. The second-order valence-corrected chi connectivity index (χ2v) is 4.47. The molecule has 4 nitrogen and oxygen atoms in total. The number of aliphatic hydroxyl groups excluding tert-OH is 1. The number of hydrogen-bond acceptors (Lipinski definition) is 4. The molecular formula is C15H15N3O. The van der Waals surface area contributed by atoms with Gasteiger partial charge in [-0.15, -0.1) is 0 Å². The first kappa shape index (κ1) is 11.9. The van der Waals surface area contributed by atoms with Crippen LogP contribution in [0.5, 0.6) is 0 Å². The minimum Gasteiger partial charge on any atom is -0.370 e. The largest absolute Gasteiger partial charge is 0.370 e. The number of nitrogens with one attached hydrogen (secondary N) is 1. The molecule has 0 spiro atoms. The van der Waals surface area contributed by atoms with Crippen LogP contribution in [0.4, 0.5) is 5.69 Å². The van der Waals surface area contributed by atoms with Crippen molar-refractivity contribution in [3.8, 4) is 0 Å². The molecule has 96 valence electrons. The van der Waals surface area contributed by atoms with Crippen molar-refractivity contribution in [1.82, 2.24) is 0 Å². The van der Waals surface area contributed by atoms with Crippen molar-refractivity contribution in [3.05, 3.63) is 65.7 Å². The van der Waals surface area contributed by atoms with Crippen molar-refractivity contribution >= 4 is 11.4 Å². The molecule has 1 aliphatic rings. The maximum absolute atomic E-state index is 9.93. The van der Waals surface area contributed by atoms with Crippen LogP contribution in [-0.2, 0) is 0 Å². The lowest BCUT2D eigenvalue weighted by Crippen LogP contribution is -2.38. The van der Waals surface area contributed by atoms with Crippen molar-refractivity contribution in [1.29, 1.82) is 0 Å². The third kappa shape index (κ3) is 2.23. The molecule has 0 saturated carbocycles. The minimum atomic E-state index is -0.887. The lowest BCUT2D eigenvalue weighted by atomic mass is 10.0. The van der Waals surface area contributed by atoms with Gasteiger partial charge in [-0.25, -0.2) is 0 Å². The number of aliphatic imine (C=N–C) groups is 1. The molecule has 2 aromatic rings. The zero-order valence-electron chi connectivity index (χ0n) is 10.3. The lowest BCUT2D eigenvalue weighted by Gasteiger charge is -2.15. The van der Waals surface area contributed by atoms with Gasteiger partial charge >= 0.3 is 0 Å². The van der Waals surface area contributed by atoms with Crippen LogP contribution >= 0.6 is 0 Å². The number of hydrogen-bond donors (Lipinski definition) is 3. The predicted molar refractivity (Wildman–Crippen MR) is 76.1 cm³/mol. The highest BCUT2D eigenvalue weighted by Gasteiger charge is 2.22. The van der Waals surface area contributed by atoms with Crippen LogP contribution in [0.1, 0.15) is 11.1 Å². The monoisotopic (exact) mass is 253 g/mol. The SMILES string of the molecule is N[C@H]1N=C(c2ccccc2)c2ccccc2NC1O. The van der Waals surface area contributed by atoms with E-state index in [1.165, 1.54) is 0 Å². The highest BCUT2D eigenvalue weighted by Crippen LogP contribution is 2.24. The lowest BCUT2D eigenvalue weighted by molar-refractivity contribution is 0.176. The summed E-state index contributed by atoms with van der Waals surface area (Å²) in [5, 5.41) is 12.9. The van der Waals surface area contributed by atoms with E-state index in [0.29, 0.717) is 0 Å². The molecule has 1 heterocycles. The number of para-hydroxylation sites is 1. The number of benzene rings is 2. The Balaban J connectivity index is 2.18. The summed E-state index contributed by atoms with van der Waals surface area (Å²) in [6, 6.07) is 17.6. The van der Waals surface area contributed by atoms with Gasteiger partial charge in [0.05, 0.1) is 5.71 Å². The second kappa shape index (κ2) is 4.84. The molecule has 0 amide bonds. The number of aliphatic hydroxyl groups is 1. The minimum absolute atomic E-state index is 0.692. The topological polar surface area (TPSA) is 70.6 Å². The van der Waals surface area contributed by atoms with Gasteiger partial charge < -0.3 is 16.2 Å². The Kier molecular flexibility index (Phi) is 3.03. The maximum Gasteiger partial charge on any atom is 0.160 e. The van der Waals surface area contributed by atoms with Gasteiger partial charge in [0.2, 0.25) is 0 Å². The average molecular weight is 253 g/mol. The van der Waals surface area contributed by atoms with Gasteiger partial charge in [-0.05, 0) is 6.07 Å². The van der Waals surface area contributed by atoms with E-state index in [-0.39, 0.29) is 0 Å². The van der Waals surface area contributed by atoms with Crippen molar-refractivity contribution in [2.24, 2.45) is 10.7 Å². The molecule has 0 radical (unpaired) electrons. The van der Waals surface area contributed by atoms with Crippen LogP contribution in [0.15, 0.2) is 59.6 Å². The van der Waals surface area contributed by atoms with E-state index in [1.807, 2.05) is 54.6 Å². The Morgan fingerprint density at radius 2 is 1.68 bits per heavy atom. The zero-order chi connectivity index (χ0) is 13.2. The Morgan fingerprint density at radius 1 is 1.00 bits per heavy atom. The van der Waals surface area contributed by atoms with Crippen molar-refractivity contribution in [3.63, 3.8) is 0 Å².